The molecule has 3 fully saturated rings. The molecule has 0 radical (unpaired) electrons. The number of pyridine rings is 1. The van der Waals surface area contributed by atoms with Gasteiger partial charge in [-0.05, 0) is 99.4 Å². The molecule has 0 saturated carbocycles. The number of ether oxygens (including phenoxy) is 4. The Balaban J connectivity index is 1.12. The molecule has 3 aliphatic rings. The number of unbranched alkanes of at least 4 members (excludes halogenated alkanes) is 7. The van der Waals surface area contributed by atoms with Gasteiger partial charge < -0.3 is 33.9 Å². The third kappa shape index (κ3) is 10.2. The molecule has 1 N–H and O–H groups in total. The van der Waals surface area contributed by atoms with Crippen LogP contribution in [0.5, 0.6) is 11.8 Å². The van der Waals surface area contributed by atoms with Crippen molar-refractivity contribution in [1.82, 2.24) is 24.8 Å². The number of nitrogens with zero attached hydrogens (tertiary/aromatic N) is 6. The van der Waals surface area contributed by atoms with Crippen molar-refractivity contribution in [3.8, 4) is 23.0 Å². The van der Waals surface area contributed by atoms with Gasteiger partial charge in [0.25, 0.3) is 0 Å². The van der Waals surface area contributed by atoms with Crippen molar-refractivity contribution in [3.05, 3.63) is 47.7 Å². The minimum absolute atomic E-state index is 0.0101. The molecule has 14 heteroatoms. The van der Waals surface area contributed by atoms with Gasteiger partial charge in [0.1, 0.15) is 41.8 Å². The van der Waals surface area contributed by atoms with Crippen molar-refractivity contribution in [2.75, 3.05) is 65.2 Å². The van der Waals surface area contributed by atoms with Gasteiger partial charge >= 0.3 is 12.1 Å². The number of piperidine rings is 1. The summed E-state index contributed by atoms with van der Waals surface area (Å²) in [5.74, 6) is -0.243. The Morgan fingerprint density at radius 3 is 2.52 bits per heavy atom. The molecule has 0 bridgehead atoms. The van der Waals surface area contributed by atoms with Crippen LogP contribution in [0.25, 0.3) is 32.9 Å². The van der Waals surface area contributed by atoms with Crippen LogP contribution in [0.1, 0.15) is 116 Å². The van der Waals surface area contributed by atoms with Crippen LogP contribution in [0.4, 0.5) is 19.4 Å². The highest BCUT2D eigenvalue weighted by molar-refractivity contribution is 6.01. The van der Waals surface area contributed by atoms with Gasteiger partial charge in [0.05, 0.1) is 16.5 Å². The maximum Gasteiger partial charge on any atom is 0.409 e. The normalized spacial score (nSPS) is 21.5. The Kier molecular flexibility index (Phi) is 15.0. The maximum absolute atomic E-state index is 17.4. The molecular formula is C48H66F2N6O6. The highest BCUT2D eigenvalue weighted by Crippen LogP contribution is 2.44. The summed E-state index contributed by atoms with van der Waals surface area (Å²) in [6.45, 7) is 8.88. The summed E-state index contributed by atoms with van der Waals surface area (Å²) in [5, 5.41) is 12.7. The quantitative estimate of drug-likeness (QED) is 0.0676. The molecule has 4 aromatic rings. The van der Waals surface area contributed by atoms with Crippen LogP contribution < -0.4 is 14.4 Å². The number of hydrogen-bond acceptors (Lipinski definition) is 11. The Morgan fingerprint density at radius 1 is 0.984 bits per heavy atom. The number of carbonyl (C=O) groups excluding carboxylic acids is 1. The number of β-amino-alcohol motifs (C(OH)–C–C–N with tert-alkyl or cyclic N) is 1. The third-order valence-corrected chi connectivity index (χ3v) is 13.3. The van der Waals surface area contributed by atoms with Crippen LogP contribution in [0.3, 0.4) is 0 Å². The second-order valence-corrected chi connectivity index (χ2v) is 18.0. The molecule has 2 aromatic heterocycles. The van der Waals surface area contributed by atoms with Crippen molar-refractivity contribution in [1.29, 1.82) is 0 Å². The number of hydrogen-bond donors (Lipinski definition) is 1. The number of halogens is 2. The number of fused-ring (bicyclic) bond motifs is 3. The van der Waals surface area contributed by atoms with Gasteiger partial charge in [0.2, 0.25) is 0 Å². The first-order chi connectivity index (χ1) is 30.0. The number of amides is 1. The fraction of sp³-hybridized carbons (Fsp3) is 0.625. The summed E-state index contributed by atoms with van der Waals surface area (Å²) in [6, 6.07) is 6.59. The predicted molar refractivity (Wildman–Crippen MR) is 238 cm³/mol. The highest BCUT2D eigenvalue weighted by Gasteiger charge is 2.50. The van der Waals surface area contributed by atoms with Crippen molar-refractivity contribution < 1.29 is 37.6 Å². The molecule has 3 atom stereocenters. The standard InChI is InChI=1S/C48H66F2N6O6/c1-6-8-9-10-11-12-13-14-23-54(4)46(57)60-29-34-19-22-48(21-16-25-56(34)48)31-61-45-52-43-38(44(53-45)55-24-15-20-47(3,58)30-55)28-51-42(41(43)50)37-27-35(62-32-59-5)26-33-17-18-39(49)36(7-2)40(33)37/h17-18,26-28,34,58H,6-16,19-25,29-32H2,1-5H3/t34-,47+,48+/m0/s1. The summed E-state index contributed by atoms with van der Waals surface area (Å²) in [4.78, 5) is 33.4. The first-order valence-corrected chi connectivity index (χ1v) is 23.0. The van der Waals surface area contributed by atoms with Crippen LogP contribution in [0, 0.1) is 11.6 Å². The van der Waals surface area contributed by atoms with E-state index >= 15 is 8.78 Å². The molecule has 0 spiro atoms. The van der Waals surface area contributed by atoms with Crippen molar-refractivity contribution in [3.63, 3.8) is 0 Å². The van der Waals surface area contributed by atoms with Gasteiger partial charge in [-0.1, -0.05) is 64.9 Å². The number of anilines is 1. The molecule has 2 aromatic carbocycles. The zero-order chi connectivity index (χ0) is 43.9. The molecule has 3 saturated heterocycles. The van der Waals surface area contributed by atoms with E-state index in [0.29, 0.717) is 77.8 Å². The Morgan fingerprint density at radius 2 is 1.76 bits per heavy atom. The average Bonchev–Trinajstić information content (AvgIpc) is 3.84. The topological polar surface area (TPSA) is 123 Å². The molecule has 0 unspecified atom stereocenters. The van der Waals surface area contributed by atoms with Crippen LogP contribution >= 0.6 is 0 Å². The highest BCUT2D eigenvalue weighted by atomic mass is 19.1. The summed E-state index contributed by atoms with van der Waals surface area (Å²) >= 11 is 0. The number of aromatic nitrogens is 3. The molecular weight excluding hydrogens is 795 g/mol. The third-order valence-electron chi connectivity index (χ3n) is 13.3. The summed E-state index contributed by atoms with van der Waals surface area (Å²) < 4.78 is 56.1. The van der Waals surface area contributed by atoms with E-state index in [4.69, 9.17) is 28.9 Å². The van der Waals surface area contributed by atoms with E-state index in [1.54, 1.807) is 36.2 Å². The minimum atomic E-state index is -0.974. The maximum atomic E-state index is 17.4. The first kappa shape index (κ1) is 45.6. The van der Waals surface area contributed by atoms with Gasteiger partial charge in [0.15, 0.2) is 12.6 Å². The second-order valence-electron chi connectivity index (χ2n) is 18.0. The van der Waals surface area contributed by atoms with Crippen LogP contribution in [-0.2, 0) is 15.9 Å². The molecule has 62 heavy (non-hydrogen) atoms. The fourth-order valence-corrected chi connectivity index (χ4v) is 9.99. The molecule has 1 amide bonds. The van der Waals surface area contributed by atoms with E-state index in [1.165, 1.54) is 51.7 Å². The monoisotopic (exact) mass is 861 g/mol. The van der Waals surface area contributed by atoms with Crippen LogP contribution in [0.15, 0.2) is 30.5 Å². The van der Waals surface area contributed by atoms with Gasteiger partial charge in [-0.2, -0.15) is 9.97 Å². The molecule has 5 heterocycles. The summed E-state index contributed by atoms with van der Waals surface area (Å²) in [7, 11) is 3.33. The second kappa shape index (κ2) is 20.4. The number of benzene rings is 2. The van der Waals surface area contributed by atoms with Gasteiger partial charge in [-0.3, -0.25) is 9.88 Å². The largest absolute Gasteiger partial charge is 0.468 e. The van der Waals surface area contributed by atoms with Crippen LogP contribution in [0.2, 0.25) is 0 Å². The Hall–Kier alpha value is -4.40. The van der Waals surface area contributed by atoms with E-state index in [9.17, 15) is 9.90 Å². The smallest absolute Gasteiger partial charge is 0.409 e. The number of aryl methyl sites for hydroxylation is 1. The van der Waals surface area contributed by atoms with Gasteiger partial charge in [-0.25, -0.2) is 13.6 Å². The fourth-order valence-electron chi connectivity index (χ4n) is 9.99. The van der Waals surface area contributed by atoms with E-state index in [-0.39, 0.29) is 60.7 Å². The number of aliphatic hydroxyl groups is 1. The number of methoxy groups -OCH3 is 1. The lowest BCUT2D eigenvalue weighted by molar-refractivity contribution is 0.0438. The van der Waals surface area contributed by atoms with Gasteiger partial charge in [-0.15, -0.1) is 0 Å². The molecule has 12 nitrogen and oxygen atoms in total. The molecule has 7 rings (SSSR count). The average molecular weight is 861 g/mol. The summed E-state index contributed by atoms with van der Waals surface area (Å²) in [6.07, 6.45) is 16.3. The van der Waals surface area contributed by atoms with E-state index < -0.39 is 11.4 Å². The van der Waals surface area contributed by atoms with Crippen molar-refractivity contribution in [2.24, 2.45) is 0 Å². The predicted octanol–water partition coefficient (Wildman–Crippen LogP) is 9.60. The molecule has 3 aliphatic heterocycles. The lowest BCUT2D eigenvalue weighted by Gasteiger charge is -2.38. The first-order valence-electron chi connectivity index (χ1n) is 23.0. The summed E-state index contributed by atoms with van der Waals surface area (Å²) in [5.41, 5.74) is -0.472. The Bertz CT molecular complexity index is 2170. The van der Waals surface area contributed by atoms with E-state index in [1.807, 2.05) is 18.9 Å². The van der Waals surface area contributed by atoms with E-state index in [0.717, 1.165) is 45.1 Å². The zero-order valence-electron chi connectivity index (χ0n) is 37.4. The zero-order valence-corrected chi connectivity index (χ0v) is 37.4. The lowest BCUT2D eigenvalue weighted by Crippen LogP contribution is -2.48. The molecule has 338 valence electrons. The SMILES string of the molecule is CCCCCCCCCCN(C)C(=O)OC[C@@H]1CC[C@@]2(COc3nc(N4CCC[C@@](C)(O)C4)c4cnc(-c5cc(OCOC)cc6ccc(F)c(CC)c56)c(F)c4n3)CCCN12. The number of carbonyl (C=O) groups is 1. The van der Waals surface area contributed by atoms with Crippen molar-refractivity contribution >= 4 is 33.6 Å². The lowest BCUT2D eigenvalue weighted by atomic mass is 9.94. The van der Waals surface area contributed by atoms with Crippen LogP contribution in [-0.4, -0.2) is 113 Å². The number of rotatable bonds is 20. The van der Waals surface area contributed by atoms with Gasteiger partial charge in [0, 0.05) is 51.6 Å². The van der Waals surface area contributed by atoms with E-state index in [2.05, 4.69) is 16.8 Å². The minimum Gasteiger partial charge on any atom is -0.468 e. The molecule has 0 aliphatic carbocycles. The Labute approximate surface area is 365 Å². The van der Waals surface area contributed by atoms with Crippen molar-refractivity contribution in [2.45, 2.75) is 134 Å².